The van der Waals surface area contributed by atoms with Gasteiger partial charge in [-0.15, -0.1) is 10.2 Å². The summed E-state index contributed by atoms with van der Waals surface area (Å²) in [4.78, 5) is 4.54. The number of rotatable bonds is 2. The summed E-state index contributed by atoms with van der Waals surface area (Å²) in [5, 5.41) is 8.60. The molecule has 2 aromatic heterocycles. The van der Waals surface area contributed by atoms with Crippen molar-refractivity contribution in [2.45, 2.75) is 6.92 Å². The Morgan fingerprint density at radius 2 is 1.78 bits per heavy atom. The summed E-state index contributed by atoms with van der Waals surface area (Å²) in [5.41, 5.74) is 11.4. The van der Waals surface area contributed by atoms with E-state index in [0.717, 1.165) is 33.9 Å². The molecule has 23 heavy (non-hydrogen) atoms. The molecule has 0 fully saturated rings. The average molecular weight is 301 g/mol. The van der Waals surface area contributed by atoms with Gasteiger partial charge >= 0.3 is 0 Å². The lowest BCUT2D eigenvalue weighted by atomic mass is 10.1. The molecular weight excluding hydrogens is 286 g/mol. The highest BCUT2D eigenvalue weighted by molar-refractivity contribution is 5.69. The molecule has 0 aliphatic heterocycles. The topological polar surface area (TPSA) is 69.1 Å². The minimum atomic E-state index is 0.705. The van der Waals surface area contributed by atoms with Crippen molar-refractivity contribution in [3.05, 3.63) is 66.5 Å². The average Bonchev–Trinajstić information content (AvgIpc) is 3.01. The van der Waals surface area contributed by atoms with E-state index in [0.29, 0.717) is 5.69 Å². The molecule has 0 saturated carbocycles. The number of hydrogen-bond acceptors (Lipinski definition) is 4. The van der Waals surface area contributed by atoms with Crippen LogP contribution in [0.4, 0.5) is 5.69 Å². The van der Waals surface area contributed by atoms with E-state index in [1.54, 1.807) is 6.33 Å². The first kappa shape index (κ1) is 13.5. The molecule has 0 bridgehead atoms. The number of nitrogens with two attached hydrogens (primary N) is 1. The normalized spacial score (nSPS) is 11.0. The van der Waals surface area contributed by atoms with Gasteiger partial charge in [-0.1, -0.05) is 36.4 Å². The summed E-state index contributed by atoms with van der Waals surface area (Å²) < 4.78 is 1.88. The molecule has 2 heterocycles. The molecule has 0 radical (unpaired) electrons. The zero-order valence-corrected chi connectivity index (χ0v) is 12.6. The third-order valence-electron chi connectivity index (χ3n) is 3.87. The van der Waals surface area contributed by atoms with Crippen molar-refractivity contribution < 1.29 is 0 Å². The monoisotopic (exact) mass is 301 g/mol. The number of nitrogens with zero attached hydrogens (tertiary/aromatic N) is 4. The number of benzene rings is 2. The minimum absolute atomic E-state index is 0.705. The van der Waals surface area contributed by atoms with Crippen molar-refractivity contribution in [3.63, 3.8) is 0 Å². The van der Waals surface area contributed by atoms with Gasteiger partial charge in [-0.3, -0.25) is 4.40 Å². The Morgan fingerprint density at radius 1 is 0.957 bits per heavy atom. The van der Waals surface area contributed by atoms with E-state index in [9.17, 15) is 0 Å². The van der Waals surface area contributed by atoms with Crippen LogP contribution in [0.25, 0.3) is 28.3 Å². The molecule has 112 valence electrons. The molecule has 0 spiro atoms. The predicted octanol–water partition coefficient (Wildman–Crippen LogP) is 3.35. The van der Waals surface area contributed by atoms with Gasteiger partial charge in [0.15, 0.2) is 11.5 Å². The fraction of sp³-hybridized carbons (Fsp3) is 0.0556. The lowest BCUT2D eigenvalue weighted by Crippen LogP contribution is -1.95. The van der Waals surface area contributed by atoms with Crippen LogP contribution in [0.2, 0.25) is 0 Å². The maximum atomic E-state index is 5.90. The Labute approximate surface area is 133 Å². The minimum Gasteiger partial charge on any atom is -0.399 e. The second-order valence-electron chi connectivity index (χ2n) is 5.47. The van der Waals surface area contributed by atoms with Crippen LogP contribution in [-0.4, -0.2) is 19.6 Å². The van der Waals surface area contributed by atoms with E-state index in [-0.39, 0.29) is 0 Å². The lowest BCUT2D eigenvalue weighted by molar-refractivity contribution is 1.08. The van der Waals surface area contributed by atoms with Gasteiger partial charge in [0.05, 0.1) is 5.69 Å². The fourth-order valence-corrected chi connectivity index (χ4v) is 2.63. The van der Waals surface area contributed by atoms with Gasteiger partial charge in [0.2, 0.25) is 0 Å². The SMILES string of the molecule is Cc1ccc(N)cc1-c1nnc2cc(-c3ccccc3)ncn12. The van der Waals surface area contributed by atoms with Crippen molar-refractivity contribution >= 4 is 11.3 Å². The molecule has 4 rings (SSSR count). The predicted molar refractivity (Wildman–Crippen MR) is 90.8 cm³/mol. The first-order valence-corrected chi connectivity index (χ1v) is 7.35. The highest BCUT2D eigenvalue weighted by Gasteiger charge is 2.12. The Bertz CT molecular complexity index is 989. The van der Waals surface area contributed by atoms with Crippen LogP contribution < -0.4 is 5.73 Å². The van der Waals surface area contributed by atoms with Gasteiger partial charge < -0.3 is 5.73 Å². The molecule has 2 aromatic carbocycles. The molecule has 0 aliphatic rings. The van der Waals surface area contributed by atoms with Gasteiger partial charge in [-0.2, -0.15) is 0 Å². The second kappa shape index (κ2) is 5.21. The van der Waals surface area contributed by atoms with Gasteiger partial charge in [-0.25, -0.2) is 4.98 Å². The van der Waals surface area contributed by atoms with Crippen molar-refractivity contribution in [1.82, 2.24) is 19.6 Å². The summed E-state index contributed by atoms with van der Waals surface area (Å²) >= 11 is 0. The molecule has 4 aromatic rings. The Balaban J connectivity index is 1.87. The van der Waals surface area contributed by atoms with Crippen molar-refractivity contribution in [1.29, 1.82) is 0 Å². The van der Waals surface area contributed by atoms with Crippen LogP contribution in [0.5, 0.6) is 0 Å². The third kappa shape index (κ3) is 2.32. The molecule has 0 unspecified atom stereocenters. The number of aryl methyl sites for hydroxylation is 1. The Kier molecular flexibility index (Phi) is 3.05. The lowest BCUT2D eigenvalue weighted by Gasteiger charge is -2.06. The largest absolute Gasteiger partial charge is 0.399 e. The molecule has 5 heteroatoms. The zero-order valence-electron chi connectivity index (χ0n) is 12.6. The summed E-state index contributed by atoms with van der Waals surface area (Å²) in [6.07, 6.45) is 1.76. The number of hydrogen-bond donors (Lipinski definition) is 1. The quantitative estimate of drug-likeness (QED) is 0.576. The van der Waals surface area contributed by atoms with Crippen molar-refractivity contribution in [3.8, 4) is 22.6 Å². The molecule has 0 aliphatic carbocycles. The zero-order chi connectivity index (χ0) is 15.8. The maximum absolute atomic E-state index is 5.90. The molecule has 5 nitrogen and oxygen atoms in total. The summed E-state index contributed by atoms with van der Waals surface area (Å²) in [6.45, 7) is 2.03. The summed E-state index contributed by atoms with van der Waals surface area (Å²) in [6, 6.07) is 17.7. The second-order valence-corrected chi connectivity index (χ2v) is 5.47. The summed E-state index contributed by atoms with van der Waals surface area (Å²) in [5.74, 6) is 0.747. The number of fused-ring (bicyclic) bond motifs is 1. The van der Waals surface area contributed by atoms with E-state index < -0.39 is 0 Å². The van der Waals surface area contributed by atoms with Crippen LogP contribution in [-0.2, 0) is 0 Å². The van der Waals surface area contributed by atoms with E-state index >= 15 is 0 Å². The van der Waals surface area contributed by atoms with Crippen LogP contribution >= 0.6 is 0 Å². The highest BCUT2D eigenvalue weighted by atomic mass is 15.3. The number of aromatic nitrogens is 4. The molecule has 0 saturated heterocycles. The van der Waals surface area contributed by atoms with Crippen molar-refractivity contribution in [2.75, 3.05) is 5.73 Å². The van der Waals surface area contributed by atoms with Crippen molar-refractivity contribution in [2.24, 2.45) is 0 Å². The number of nitrogen functional groups attached to an aromatic ring is 1. The van der Waals surface area contributed by atoms with Crippen LogP contribution in [0.1, 0.15) is 5.56 Å². The smallest absolute Gasteiger partial charge is 0.169 e. The fourth-order valence-electron chi connectivity index (χ4n) is 2.63. The Hall–Kier alpha value is -3.21. The summed E-state index contributed by atoms with van der Waals surface area (Å²) in [7, 11) is 0. The van der Waals surface area contributed by atoms with E-state index in [4.69, 9.17) is 5.73 Å². The third-order valence-corrected chi connectivity index (χ3v) is 3.87. The van der Waals surface area contributed by atoms with Gasteiger partial charge in [-0.05, 0) is 24.6 Å². The first-order chi connectivity index (χ1) is 11.2. The molecule has 0 amide bonds. The first-order valence-electron chi connectivity index (χ1n) is 7.35. The van der Waals surface area contributed by atoms with E-state index in [2.05, 4.69) is 15.2 Å². The van der Waals surface area contributed by atoms with Gasteiger partial charge in [0.25, 0.3) is 0 Å². The van der Waals surface area contributed by atoms with Crippen LogP contribution in [0, 0.1) is 6.92 Å². The van der Waals surface area contributed by atoms with Crippen LogP contribution in [0.3, 0.4) is 0 Å². The van der Waals surface area contributed by atoms with Crippen LogP contribution in [0.15, 0.2) is 60.9 Å². The molecule has 2 N–H and O–H groups in total. The Morgan fingerprint density at radius 3 is 2.61 bits per heavy atom. The highest BCUT2D eigenvalue weighted by Crippen LogP contribution is 2.25. The van der Waals surface area contributed by atoms with Gasteiger partial charge in [0, 0.05) is 22.9 Å². The standard InChI is InChI=1S/C18H15N5/c1-12-7-8-14(19)9-15(12)18-22-21-17-10-16(20-11-23(17)18)13-5-3-2-4-6-13/h2-11H,19H2,1H3. The molecular formula is C18H15N5. The maximum Gasteiger partial charge on any atom is 0.169 e. The number of anilines is 1. The van der Waals surface area contributed by atoms with Gasteiger partial charge in [0.1, 0.15) is 6.33 Å². The van der Waals surface area contributed by atoms with E-state index in [1.165, 1.54) is 0 Å². The molecule has 0 atom stereocenters. The van der Waals surface area contributed by atoms with E-state index in [1.807, 2.05) is 65.9 Å².